The van der Waals surface area contributed by atoms with Crippen LogP contribution in [0.5, 0.6) is 0 Å². The van der Waals surface area contributed by atoms with E-state index in [2.05, 4.69) is 15.5 Å². The molecule has 0 saturated carbocycles. The number of fused-ring (bicyclic) bond motifs is 1. The van der Waals surface area contributed by atoms with Crippen LogP contribution in [0.2, 0.25) is 0 Å². The van der Waals surface area contributed by atoms with Crippen molar-refractivity contribution in [2.75, 3.05) is 18.0 Å². The Morgan fingerprint density at radius 2 is 2.18 bits per heavy atom. The fourth-order valence-corrected chi connectivity index (χ4v) is 2.49. The van der Waals surface area contributed by atoms with Crippen LogP contribution >= 0.6 is 0 Å². The Morgan fingerprint density at radius 1 is 1.36 bits per heavy atom. The highest BCUT2D eigenvalue weighted by Crippen LogP contribution is 2.27. The van der Waals surface area contributed by atoms with Crippen LogP contribution in [0.3, 0.4) is 0 Å². The summed E-state index contributed by atoms with van der Waals surface area (Å²) in [6.07, 6.45) is 0.846. The first-order chi connectivity index (χ1) is 10.6. The summed E-state index contributed by atoms with van der Waals surface area (Å²) in [6.45, 7) is 2.27. The number of amides is 2. The quantitative estimate of drug-likeness (QED) is 0.894. The van der Waals surface area contributed by atoms with E-state index in [1.165, 1.54) is 0 Å². The van der Waals surface area contributed by atoms with E-state index in [4.69, 9.17) is 4.52 Å². The average Bonchev–Trinajstić information content (AvgIpc) is 3.11. The zero-order chi connectivity index (χ0) is 15.5. The first kappa shape index (κ1) is 14.2. The maximum atomic E-state index is 12.2. The van der Waals surface area contributed by atoms with E-state index in [9.17, 15) is 9.59 Å². The summed E-state index contributed by atoms with van der Waals surface area (Å²) < 4.78 is 4.80. The second-order valence-electron chi connectivity index (χ2n) is 5.11. The van der Waals surface area contributed by atoms with Crippen LogP contribution in [0.1, 0.15) is 17.3 Å². The van der Waals surface area contributed by atoms with Crippen molar-refractivity contribution in [3.8, 4) is 0 Å². The van der Waals surface area contributed by atoms with Crippen LogP contribution in [0.25, 0.3) is 0 Å². The fraction of sp³-hybridized carbons (Fsp3) is 0.333. The summed E-state index contributed by atoms with van der Waals surface area (Å²) in [5, 5.41) is 6.24. The number of nitrogens with zero attached hydrogens (tertiary/aromatic N) is 3. The van der Waals surface area contributed by atoms with E-state index in [1.54, 1.807) is 11.8 Å². The molecular weight excluding hydrogens is 284 g/mol. The molecule has 0 unspecified atom stereocenters. The fourth-order valence-electron chi connectivity index (χ4n) is 2.49. The van der Waals surface area contributed by atoms with Gasteiger partial charge in [-0.05, 0) is 18.1 Å². The van der Waals surface area contributed by atoms with Gasteiger partial charge in [-0.2, -0.15) is 4.98 Å². The average molecular weight is 300 g/mol. The SMILES string of the molecule is Cc1nc(CC(=O)NCC(=O)N2CCc3ccccc32)no1. The van der Waals surface area contributed by atoms with Crippen molar-refractivity contribution in [3.05, 3.63) is 41.5 Å². The molecule has 1 N–H and O–H groups in total. The molecular formula is C15H16N4O3. The van der Waals surface area contributed by atoms with Gasteiger partial charge in [-0.1, -0.05) is 23.4 Å². The number of aromatic nitrogens is 2. The number of hydrogen-bond acceptors (Lipinski definition) is 5. The van der Waals surface area contributed by atoms with Crippen molar-refractivity contribution in [1.82, 2.24) is 15.5 Å². The summed E-state index contributed by atoms with van der Waals surface area (Å²) in [6, 6.07) is 7.80. The lowest BCUT2D eigenvalue weighted by Gasteiger charge is -2.17. The van der Waals surface area contributed by atoms with Crippen molar-refractivity contribution >= 4 is 17.5 Å². The molecule has 0 bridgehead atoms. The van der Waals surface area contributed by atoms with Gasteiger partial charge in [0, 0.05) is 19.2 Å². The largest absolute Gasteiger partial charge is 0.347 e. The Balaban J connectivity index is 1.54. The van der Waals surface area contributed by atoms with Crippen molar-refractivity contribution in [3.63, 3.8) is 0 Å². The van der Waals surface area contributed by atoms with E-state index < -0.39 is 0 Å². The van der Waals surface area contributed by atoms with Crippen LogP contribution in [-0.2, 0) is 22.4 Å². The van der Waals surface area contributed by atoms with Gasteiger partial charge in [-0.3, -0.25) is 9.59 Å². The summed E-state index contributed by atoms with van der Waals surface area (Å²) in [7, 11) is 0. The molecule has 0 spiro atoms. The summed E-state index contributed by atoms with van der Waals surface area (Å²) in [5.41, 5.74) is 2.08. The lowest BCUT2D eigenvalue weighted by atomic mass is 10.2. The number of benzene rings is 1. The predicted molar refractivity (Wildman–Crippen MR) is 78.2 cm³/mol. The van der Waals surface area contributed by atoms with E-state index in [0.717, 1.165) is 17.7 Å². The smallest absolute Gasteiger partial charge is 0.246 e. The molecule has 1 aromatic carbocycles. The topological polar surface area (TPSA) is 88.3 Å². The first-order valence-corrected chi connectivity index (χ1v) is 7.07. The number of nitrogens with one attached hydrogen (secondary N) is 1. The third-order valence-electron chi connectivity index (χ3n) is 3.51. The molecule has 0 fully saturated rings. The number of hydrogen-bond donors (Lipinski definition) is 1. The Hall–Kier alpha value is -2.70. The zero-order valence-electron chi connectivity index (χ0n) is 12.2. The maximum absolute atomic E-state index is 12.2. The molecule has 114 valence electrons. The molecule has 22 heavy (non-hydrogen) atoms. The Bertz CT molecular complexity index is 710. The highest BCUT2D eigenvalue weighted by atomic mass is 16.5. The van der Waals surface area contributed by atoms with Gasteiger partial charge in [0.15, 0.2) is 5.82 Å². The number of para-hydroxylation sites is 1. The molecule has 7 nitrogen and oxygen atoms in total. The van der Waals surface area contributed by atoms with Crippen LogP contribution < -0.4 is 10.2 Å². The van der Waals surface area contributed by atoms with Gasteiger partial charge >= 0.3 is 0 Å². The molecule has 0 radical (unpaired) electrons. The lowest BCUT2D eigenvalue weighted by molar-refractivity contribution is -0.124. The van der Waals surface area contributed by atoms with Gasteiger partial charge in [0.2, 0.25) is 17.7 Å². The van der Waals surface area contributed by atoms with Crippen molar-refractivity contribution < 1.29 is 14.1 Å². The summed E-state index contributed by atoms with van der Waals surface area (Å²) in [4.78, 5) is 29.7. The van der Waals surface area contributed by atoms with E-state index in [-0.39, 0.29) is 24.8 Å². The second kappa shape index (κ2) is 5.97. The zero-order valence-corrected chi connectivity index (χ0v) is 12.2. The number of carbonyl (C=O) groups is 2. The molecule has 1 aliphatic heterocycles. The molecule has 0 atom stereocenters. The third-order valence-corrected chi connectivity index (χ3v) is 3.51. The number of anilines is 1. The molecule has 2 heterocycles. The molecule has 3 rings (SSSR count). The summed E-state index contributed by atoms with van der Waals surface area (Å²) in [5.74, 6) is 0.297. The maximum Gasteiger partial charge on any atom is 0.246 e. The molecule has 0 aliphatic carbocycles. The van der Waals surface area contributed by atoms with Gasteiger partial charge in [-0.15, -0.1) is 0 Å². The normalized spacial score (nSPS) is 13.0. The van der Waals surface area contributed by atoms with Gasteiger partial charge in [-0.25, -0.2) is 0 Å². The molecule has 1 aliphatic rings. The van der Waals surface area contributed by atoms with Crippen molar-refractivity contribution in [2.24, 2.45) is 0 Å². The second-order valence-corrected chi connectivity index (χ2v) is 5.11. The number of carbonyl (C=O) groups excluding carboxylic acids is 2. The molecule has 2 aromatic rings. The van der Waals surface area contributed by atoms with Gasteiger partial charge in [0.05, 0.1) is 13.0 Å². The minimum absolute atomic E-state index is 0.00120. The monoisotopic (exact) mass is 300 g/mol. The van der Waals surface area contributed by atoms with Crippen LogP contribution in [0, 0.1) is 6.92 Å². The van der Waals surface area contributed by atoms with Crippen molar-refractivity contribution in [2.45, 2.75) is 19.8 Å². The van der Waals surface area contributed by atoms with Crippen LogP contribution in [0.15, 0.2) is 28.8 Å². The van der Waals surface area contributed by atoms with Crippen molar-refractivity contribution in [1.29, 1.82) is 0 Å². The van der Waals surface area contributed by atoms with Gasteiger partial charge < -0.3 is 14.7 Å². The molecule has 0 saturated heterocycles. The third kappa shape index (κ3) is 2.98. The van der Waals surface area contributed by atoms with E-state index in [0.29, 0.717) is 18.3 Å². The standard InChI is InChI=1S/C15H16N4O3/c1-10-17-13(18-22-10)8-14(20)16-9-15(21)19-7-6-11-4-2-3-5-12(11)19/h2-5H,6-9H2,1H3,(H,16,20). The van der Waals surface area contributed by atoms with Crippen LogP contribution in [0.4, 0.5) is 5.69 Å². The highest BCUT2D eigenvalue weighted by molar-refractivity contribution is 5.98. The van der Waals surface area contributed by atoms with Gasteiger partial charge in [0.25, 0.3) is 0 Å². The van der Waals surface area contributed by atoms with E-state index in [1.807, 2.05) is 24.3 Å². The molecule has 7 heteroatoms. The van der Waals surface area contributed by atoms with E-state index >= 15 is 0 Å². The molecule has 2 amide bonds. The Kier molecular flexibility index (Phi) is 3.86. The highest BCUT2D eigenvalue weighted by Gasteiger charge is 2.24. The predicted octanol–water partition coefficient (Wildman–Crippen LogP) is 0.626. The van der Waals surface area contributed by atoms with Gasteiger partial charge in [0.1, 0.15) is 0 Å². The number of aryl methyl sites for hydroxylation is 1. The first-order valence-electron chi connectivity index (χ1n) is 7.07. The van der Waals surface area contributed by atoms with Crippen LogP contribution in [-0.4, -0.2) is 35.0 Å². The lowest BCUT2D eigenvalue weighted by Crippen LogP contribution is -2.40. The Labute approximate surface area is 127 Å². The molecule has 1 aromatic heterocycles. The minimum atomic E-state index is -0.304. The Morgan fingerprint density at radius 3 is 2.95 bits per heavy atom. The summed E-state index contributed by atoms with van der Waals surface area (Å²) >= 11 is 0. The minimum Gasteiger partial charge on any atom is -0.347 e. The number of rotatable bonds is 4.